The van der Waals surface area contributed by atoms with Crippen LogP contribution in [0.5, 0.6) is 0 Å². The standard InChI is InChI=1S/C11H16N2.2C2H6/c1-5-9(3)7-13-8-10(4)12-11(13)6-2;2*1-2/h6-8H,2,5H2,1,3-4H3;2*1-2H3/b9-7-;;. The van der Waals surface area contributed by atoms with Crippen molar-refractivity contribution in [1.82, 2.24) is 9.55 Å². The average Bonchev–Trinajstić information content (AvgIpc) is 2.74. The fraction of sp³-hybridized carbons (Fsp3) is 0.533. The van der Waals surface area contributed by atoms with Gasteiger partial charge in [0.15, 0.2) is 0 Å². The third kappa shape index (κ3) is 6.77. The van der Waals surface area contributed by atoms with Crippen LogP contribution < -0.4 is 0 Å². The van der Waals surface area contributed by atoms with E-state index in [2.05, 4.69) is 31.6 Å². The molecular formula is C15H28N2. The highest BCUT2D eigenvalue weighted by molar-refractivity contribution is 5.44. The second-order valence-electron chi connectivity index (χ2n) is 3.18. The van der Waals surface area contributed by atoms with Gasteiger partial charge in [0, 0.05) is 12.4 Å². The first-order chi connectivity index (χ1) is 8.17. The van der Waals surface area contributed by atoms with Crippen LogP contribution in [0, 0.1) is 6.92 Å². The fourth-order valence-corrected chi connectivity index (χ4v) is 1.12. The Morgan fingerprint density at radius 3 is 2.29 bits per heavy atom. The predicted octanol–water partition coefficient (Wildman–Crippen LogP) is 5.16. The maximum Gasteiger partial charge on any atom is 0.136 e. The van der Waals surface area contributed by atoms with E-state index in [4.69, 9.17) is 0 Å². The van der Waals surface area contributed by atoms with Gasteiger partial charge in [0.25, 0.3) is 0 Å². The van der Waals surface area contributed by atoms with Crippen LogP contribution >= 0.6 is 0 Å². The van der Waals surface area contributed by atoms with Gasteiger partial charge in [-0.15, -0.1) is 0 Å². The molecule has 0 saturated carbocycles. The second-order valence-corrected chi connectivity index (χ2v) is 3.18. The highest BCUT2D eigenvalue weighted by Gasteiger charge is 1.98. The van der Waals surface area contributed by atoms with Gasteiger partial charge in [0.1, 0.15) is 5.82 Å². The van der Waals surface area contributed by atoms with Crippen molar-refractivity contribution in [3.63, 3.8) is 0 Å². The molecule has 98 valence electrons. The maximum absolute atomic E-state index is 4.32. The molecule has 0 atom stereocenters. The second kappa shape index (κ2) is 11.2. The largest absolute Gasteiger partial charge is 0.307 e. The molecule has 0 N–H and O–H groups in total. The molecule has 0 spiro atoms. The lowest BCUT2D eigenvalue weighted by Crippen LogP contribution is -1.89. The summed E-state index contributed by atoms with van der Waals surface area (Å²) < 4.78 is 2.02. The summed E-state index contributed by atoms with van der Waals surface area (Å²) in [5.74, 6) is 0.908. The van der Waals surface area contributed by atoms with Crippen molar-refractivity contribution in [3.05, 3.63) is 29.9 Å². The molecule has 2 heteroatoms. The lowest BCUT2D eigenvalue weighted by Gasteiger charge is -1.99. The first-order valence-electron chi connectivity index (χ1n) is 6.52. The Kier molecular flexibility index (Phi) is 11.9. The molecular weight excluding hydrogens is 208 g/mol. The van der Waals surface area contributed by atoms with E-state index in [1.807, 2.05) is 45.4 Å². The highest BCUT2D eigenvalue weighted by Crippen LogP contribution is 2.08. The van der Waals surface area contributed by atoms with Gasteiger partial charge in [-0.1, -0.05) is 46.8 Å². The van der Waals surface area contributed by atoms with Crippen LogP contribution in [0.15, 0.2) is 18.3 Å². The van der Waals surface area contributed by atoms with E-state index in [9.17, 15) is 0 Å². The summed E-state index contributed by atoms with van der Waals surface area (Å²) in [6, 6.07) is 0. The molecule has 0 radical (unpaired) electrons. The third-order valence-corrected chi connectivity index (χ3v) is 1.98. The maximum atomic E-state index is 4.32. The molecule has 0 bridgehead atoms. The summed E-state index contributed by atoms with van der Waals surface area (Å²) in [4.78, 5) is 4.32. The summed E-state index contributed by atoms with van der Waals surface area (Å²) in [6.45, 7) is 18.0. The third-order valence-electron chi connectivity index (χ3n) is 1.98. The van der Waals surface area contributed by atoms with Crippen LogP contribution in [0.25, 0.3) is 12.3 Å². The van der Waals surface area contributed by atoms with E-state index in [-0.39, 0.29) is 0 Å². The van der Waals surface area contributed by atoms with Gasteiger partial charge in [-0.2, -0.15) is 0 Å². The molecule has 17 heavy (non-hydrogen) atoms. The molecule has 1 heterocycles. The molecule has 1 rings (SSSR count). The molecule has 0 aliphatic heterocycles. The van der Waals surface area contributed by atoms with Crippen LogP contribution in [-0.4, -0.2) is 9.55 Å². The summed E-state index contributed by atoms with van der Waals surface area (Å²) >= 11 is 0. The lowest BCUT2D eigenvalue weighted by molar-refractivity contribution is 1.04. The van der Waals surface area contributed by atoms with Crippen molar-refractivity contribution < 1.29 is 0 Å². The van der Waals surface area contributed by atoms with E-state index in [1.54, 1.807) is 6.08 Å². The van der Waals surface area contributed by atoms with Crippen LogP contribution in [-0.2, 0) is 0 Å². The van der Waals surface area contributed by atoms with E-state index >= 15 is 0 Å². The van der Waals surface area contributed by atoms with Gasteiger partial charge in [-0.05, 0) is 26.3 Å². The van der Waals surface area contributed by atoms with Gasteiger partial charge >= 0.3 is 0 Å². The summed E-state index contributed by atoms with van der Waals surface area (Å²) in [7, 11) is 0. The zero-order chi connectivity index (χ0) is 13.8. The van der Waals surface area contributed by atoms with E-state index in [0.717, 1.165) is 17.9 Å². The molecule has 0 saturated heterocycles. The van der Waals surface area contributed by atoms with Crippen molar-refractivity contribution in [1.29, 1.82) is 0 Å². The van der Waals surface area contributed by atoms with Crippen molar-refractivity contribution >= 4 is 12.3 Å². The average molecular weight is 236 g/mol. The van der Waals surface area contributed by atoms with Crippen molar-refractivity contribution in [2.24, 2.45) is 0 Å². The Labute approximate surface area is 107 Å². The van der Waals surface area contributed by atoms with E-state index < -0.39 is 0 Å². The van der Waals surface area contributed by atoms with Crippen LogP contribution in [0.3, 0.4) is 0 Å². The predicted molar refractivity (Wildman–Crippen MR) is 80.0 cm³/mol. The number of hydrogen-bond acceptors (Lipinski definition) is 1. The topological polar surface area (TPSA) is 17.8 Å². The lowest BCUT2D eigenvalue weighted by atomic mass is 10.2. The molecule has 1 aromatic heterocycles. The van der Waals surface area contributed by atoms with Gasteiger partial charge < -0.3 is 4.57 Å². The van der Waals surface area contributed by atoms with Gasteiger partial charge in [-0.25, -0.2) is 4.98 Å². The minimum atomic E-state index is 0.908. The first-order valence-corrected chi connectivity index (χ1v) is 6.52. The van der Waals surface area contributed by atoms with E-state index in [0.29, 0.717) is 0 Å². The van der Waals surface area contributed by atoms with Crippen LogP contribution in [0.2, 0.25) is 0 Å². The molecule has 0 aliphatic rings. The normalized spacial score (nSPS) is 9.71. The summed E-state index contributed by atoms with van der Waals surface area (Å²) in [6.07, 6.45) is 6.94. The minimum absolute atomic E-state index is 0.908. The molecule has 0 aromatic carbocycles. The van der Waals surface area contributed by atoms with Crippen molar-refractivity contribution in [2.75, 3.05) is 0 Å². The van der Waals surface area contributed by atoms with Crippen LogP contribution in [0.1, 0.15) is 59.5 Å². The number of aryl methyl sites for hydroxylation is 1. The molecule has 0 aliphatic carbocycles. The van der Waals surface area contributed by atoms with Gasteiger partial charge in [-0.3, -0.25) is 0 Å². The molecule has 0 unspecified atom stereocenters. The fourth-order valence-electron chi connectivity index (χ4n) is 1.12. The van der Waals surface area contributed by atoms with Gasteiger partial charge in [0.05, 0.1) is 5.69 Å². The SMILES string of the molecule is C=Cc1nc(C)cn1/C=C(/C)CC.CC.CC. The van der Waals surface area contributed by atoms with E-state index in [1.165, 1.54) is 5.57 Å². The molecule has 0 fully saturated rings. The van der Waals surface area contributed by atoms with Crippen molar-refractivity contribution in [3.8, 4) is 0 Å². The number of hydrogen-bond donors (Lipinski definition) is 0. The highest BCUT2D eigenvalue weighted by atomic mass is 15.0. The number of allylic oxidation sites excluding steroid dienone is 1. The summed E-state index contributed by atoms with van der Waals surface area (Å²) in [5.41, 5.74) is 2.36. The first kappa shape index (κ1) is 18.1. The summed E-state index contributed by atoms with van der Waals surface area (Å²) in [5, 5.41) is 0. The molecule has 0 amide bonds. The Morgan fingerprint density at radius 1 is 1.35 bits per heavy atom. The van der Waals surface area contributed by atoms with Crippen molar-refractivity contribution in [2.45, 2.75) is 54.9 Å². The minimum Gasteiger partial charge on any atom is -0.307 e. The quantitative estimate of drug-likeness (QED) is 0.709. The number of aromatic nitrogens is 2. The number of imidazole rings is 1. The smallest absolute Gasteiger partial charge is 0.136 e. The monoisotopic (exact) mass is 236 g/mol. The Hall–Kier alpha value is -1.31. The Morgan fingerprint density at radius 2 is 1.88 bits per heavy atom. The number of rotatable bonds is 3. The number of nitrogens with zero attached hydrogens (tertiary/aromatic N) is 2. The Balaban J connectivity index is 0. The van der Waals surface area contributed by atoms with Gasteiger partial charge in [0.2, 0.25) is 0 Å². The molecule has 1 aromatic rings. The molecule has 2 nitrogen and oxygen atoms in total. The zero-order valence-electron chi connectivity index (χ0n) is 12.5. The zero-order valence-corrected chi connectivity index (χ0v) is 12.5. The van der Waals surface area contributed by atoms with Crippen LogP contribution in [0.4, 0.5) is 0 Å². The Bertz CT molecular complexity index is 333.